The van der Waals surface area contributed by atoms with Gasteiger partial charge in [-0.05, 0) is 24.5 Å². The Morgan fingerprint density at radius 1 is 1.40 bits per heavy atom. The summed E-state index contributed by atoms with van der Waals surface area (Å²) in [5.74, 6) is 0. The fourth-order valence-corrected chi connectivity index (χ4v) is 3.11. The van der Waals surface area contributed by atoms with Crippen LogP contribution in [0.25, 0.3) is 0 Å². The van der Waals surface area contributed by atoms with Gasteiger partial charge >= 0.3 is 0 Å². The molecule has 3 heterocycles. The third-order valence-electron chi connectivity index (χ3n) is 3.48. The Morgan fingerprint density at radius 3 is 3.10 bits per heavy atom. The van der Waals surface area contributed by atoms with Gasteiger partial charge in [0.15, 0.2) is 0 Å². The van der Waals surface area contributed by atoms with E-state index in [0.29, 0.717) is 6.10 Å². The molecule has 1 aliphatic heterocycles. The zero-order valence-electron chi connectivity index (χ0n) is 11.4. The van der Waals surface area contributed by atoms with Gasteiger partial charge in [0.25, 0.3) is 0 Å². The molecular weight excluding hydrogens is 270 g/mol. The van der Waals surface area contributed by atoms with Crippen molar-refractivity contribution in [1.29, 1.82) is 0 Å². The Hall–Kier alpha value is -1.30. The van der Waals surface area contributed by atoms with Crippen molar-refractivity contribution in [3.63, 3.8) is 0 Å². The van der Waals surface area contributed by atoms with E-state index < -0.39 is 0 Å². The van der Waals surface area contributed by atoms with Gasteiger partial charge < -0.3 is 4.74 Å². The van der Waals surface area contributed by atoms with Crippen LogP contribution in [0.4, 0.5) is 0 Å². The van der Waals surface area contributed by atoms with Gasteiger partial charge in [-0.3, -0.25) is 9.88 Å². The van der Waals surface area contributed by atoms with Crippen LogP contribution in [-0.4, -0.2) is 34.1 Å². The van der Waals surface area contributed by atoms with E-state index in [1.54, 1.807) is 11.3 Å². The fourth-order valence-electron chi connectivity index (χ4n) is 2.56. The molecule has 1 fully saturated rings. The van der Waals surface area contributed by atoms with Crippen LogP contribution in [0.5, 0.6) is 0 Å². The lowest BCUT2D eigenvalue weighted by molar-refractivity contribution is 0.0675. The highest BCUT2D eigenvalue weighted by Crippen LogP contribution is 2.17. The number of thiazole rings is 1. The summed E-state index contributed by atoms with van der Waals surface area (Å²) in [4.78, 5) is 11.0. The lowest BCUT2D eigenvalue weighted by atomic mass is 10.2. The molecule has 0 aromatic carbocycles. The van der Waals surface area contributed by atoms with Crippen molar-refractivity contribution in [2.45, 2.75) is 32.0 Å². The first-order chi connectivity index (χ1) is 9.90. The molecule has 106 valence electrons. The summed E-state index contributed by atoms with van der Waals surface area (Å²) in [7, 11) is 0. The summed E-state index contributed by atoms with van der Waals surface area (Å²) >= 11 is 1.65. The Balaban J connectivity index is 1.65. The van der Waals surface area contributed by atoms with Gasteiger partial charge in [0.2, 0.25) is 0 Å². The molecular formula is C15H19N3OS. The Kier molecular flexibility index (Phi) is 4.73. The van der Waals surface area contributed by atoms with Crippen LogP contribution in [0, 0.1) is 0 Å². The zero-order valence-corrected chi connectivity index (χ0v) is 12.3. The van der Waals surface area contributed by atoms with Gasteiger partial charge in [-0.25, -0.2) is 4.98 Å². The Morgan fingerprint density at radius 2 is 2.40 bits per heavy atom. The largest absolute Gasteiger partial charge is 0.377 e. The van der Waals surface area contributed by atoms with Gasteiger partial charge in [-0.1, -0.05) is 6.07 Å². The summed E-state index contributed by atoms with van der Waals surface area (Å²) in [6, 6.07) is 4.11. The zero-order chi connectivity index (χ0) is 13.6. The molecule has 20 heavy (non-hydrogen) atoms. The molecule has 0 spiro atoms. The highest BCUT2D eigenvalue weighted by molar-refractivity contribution is 7.07. The number of rotatable bonds is 6. The predicted octanol–water partition coefficient (Wildman–Crippen LogP) is 2.72. The third-order valence-corrected chi connectivity index (χ3v) is 4.12. The molecule has 0 radical (unpaired) electrons. The van der Waals surface area contributed by atoms with E-state index in [-0.39, 0.29) is 0 Å². The first-order valence-corrected chi connectivity index (χ1v) is 7.94. The molecule has 0 N–H and O–H groups in total. The van der Waals surface area contributed by atoms with E-state index in [9.17, 15) is 0 Å². The molecule has 2 aromatic heterocycles. The van der Waals surface area contributed by atoms with Crippen LogP contribution in [-0.2, 0) is 17.8 Å². The number of aromatic nitrogens is 2. The van der Waals surface area contributed by atoms with Crippen LogP contribution in [0.3, 0.4) is 0 Å². The minimum atomic E-state index is 0.366. The van der Waals surface area contributed by atoms with Crippen LogP contribution >= 0.6 is 11.3 Å². The lowest BCUT2D eigenvalue weighted by Crippen LogP contribution is -2.31. The molecule has 0 saturated carbocycles. The Labute approximate surface area is 123 Å². The highest BCUT2D eigenvalue weighted by atomic mass is 32.1. The minimum Gasteiger partial charge on any atom is -0.377 e. The van der Waals surface area contributed by atoms with Crippen LogP contribution in [0.2, 0.25) is 0 Å². The monoisotopic (exact) mass is 289 g/mol. The van der Waals surface area contributed by atoms with E-state index in [2.05, 4.69) is 26.3 Å². The molecule has 0 aliphatic carbocycles. The smallest absolute Gasteiger partial charge is 0.0795 e. The molecule has 0 bridgehead atoms. The third kappa shape index (κ3) is 3.85. The second kappa shape index (κ2) is 6.92. The summed E-state index contributed by atoms with van der Waals surface area (Å²) < 4.78 is 5.77. The lowest BCUT2D eigenvalue weighted by Gasteiger charge is -2.24. The molecule has 0 amide bonds. The van der Waals surface area contributed by atoms with Crippen molar-refractivity contribution in [3.8, 4) is 0 Å². The van der Waals surface area contributed by atoms with Crippen LogP contribution in [0.1, 0.15) is 24.1 Å². The molecule has 4 nitrogen and oxygen atoms in total. The SMILES string of the molecule is c1cncc(CN(Cc2cscn2)C[C@@H]2CCCO2)c1. The van der Waals surface area contributed by atoms with Crippen molar-refractivity contribution in [1.82, 2.24) is 14.9 Å². The summed E-state index contributed by atoms with van der Waals surface area (Å²) in [6.45, 7) is 3.64. The normalized spacial score (nSPS) is 18.8. The second-order valence-electron chi connectivity index (χ2n) is 5.15. The average Bonchev–Trinajstić information content (AvgIpc) is 3.13. The number of hydrogen-bond acceptors (Lipinski definition) is 5. The van der Waals surface area contributed by atoms with Gasteiger partial charge in [0.1, 0.15) is 0 Å². The van der Waals surface area contributed by atoms with Crippen molar-refractivity contribution in [3.05, 3.63) is 46.7 Å². The molecule has 0 unspecified atom stereocenters. The molecule has 3 rings (SSSR count). The van der Waals surface area contributed by atoms with Crippen molar-refractivity contribution < 1.29 is 4.74 Å². The van der Waals surface area contributed by atoms with E-state index >= 15 is 0 Å². The van der Waals surface area contributed by atoms with E-state index in [4.69, 9.17) is 4.74 Å². The maximum Gasteiger partial charge on any atom is 0.0795 e. The van der Waals surface area contributed by atoms with Gasteiger partial charge in [0, 0.05) is 44.0 Å². The molecule has 1 aliphatic rings. The maximum absolute atomic E-state index is 5.77. The number of ether oxygens (including phenoxy) is 1. The van der Waals surface area contributed by atoms with Gasteiger partial charge in [-0.2, -0.15) is 0 Å². The van der Waals surface area contributed by atoms with Crippen LogP contribution < -0.4 is 0 Å². The standard InChI is InChI=1S/C15H19N3OS/c1-3-13(7-16-5-1)8-18(9-14-11-20-12-17-14)10-15-4-2-6-19-15/h1,3,5,7,11-12,15H,2,4,6,8-10H2/t15-/m0/s1. The quantitative estimate of drug-likeness (QED) is 0.819. The average molecular weight is 289 g/mol. The molecule has 5 heteroatoms. The maximum atomic E-state index is 5.77. The number of nitrogens with zero attached hydrogens (tertiary/aromatic N) is 3. The van der Waals surface area contributed by atoms with Gasteiger partial charge in [-0.15, -0.1) is 11.3 Å². The fraction of sp³-hybridized carbons (Fsp3) is 0.467. The first-order valence-electron chi connectivity index (χ1n) is 7.00. The topological polar surface area (TPSA) is 38.2 Å². The first kappa shape index (κ1) is 13.7. The molecule has 1 atom stereocenters. The number of hydrogen-bond donors (Lipinski definition) is 0. The van der Waals surface area contributed by atoms with Gasteiger partial charge in [0.05, 0.1) is 17.3 Å². The second-order valence-corrected chi connectivity index (χ2v) is 5.86. The van der Waals surface area contributed by atoms with E-state index in [0.717, 1.165) is 31.9 Å². The summed E-state index contributed by atoms with van der Waals surface area (Å²) in [6.07, 6.45) is 6.46. The summed E-state index contributed by atoms with van der Waals surface area (Å²) in [5, 5.41) is 2.12. The van der Waals surface area contributed by atoms with Crippen molar-refractivity contribution in [2.75, 3.05) is 13.2 Å². The number of pyridine rings is 1. The van der Waals surface area contributed by atoms with E-state index in [1.165, 1.54) is 18.4 Å². The van der Waals surface area contributed by atoms with Crippen molar-refractivity contribution in [2.24, 2.45) is 0 Å². The predicted molar refractivity (Wildman–Crippen MR) is 79.4 cm³/mol. The van der Waals surface area contributed by atoms with Crippen molar-refractivity contribution >= 4 is 11.3 Å². The molecule has 2 aromatic rings. The minimum absolute atomic E-state index is 0.366. The van der Waals surface area contributed by atoms with Crippen LogP contribution in [0.15, 0.2) is 35.4 Å². The van der Waals surface area contributed by atoms with E-state index in [1.807, 2.05) is 24.0 Å². The summed E-state index contributed by atoms with van der Waals surface area (Å²) in [5.41, 5.74) is 4.27. The molecule has 1 saturated heterocycles. The Bertz CT molecular complexity index is 497. The highest BCUT2D eigenvalue weighted by Gasteiger charge is 2.20.